The number of amides is 1. The Morgan fingerprint density at radius 3 is 2.53 bits per heavy atom. The molecule has 0 bridgehead atoms. The molecular formula is C10H13N5O3S. The van der Waals surface area contributed by atoms with Gasteiger partial charge in [-0.15, -0.1) is 0 Å². The molecule has 0 spiro atoms. The van der Waals surface area contributed by atoms with Gasteiger partial charge in [-0.2, -0.15) is 0 Å². The number of hydrogen-bond donors (Lipinski definition) is 2. The zero-order valence-corrected chi connectivity index (χ0v) is 10.8. The number of nitrogens with one attached hydrogen (secondary N) is 1. The van der Waals surface area contributed by atoms with Crippen molar-refractivity contribution in [2.75, 3.05) is 13.1 Å². The van der Waals surface area contributed by atoms with Crippen LogP contribution < -0.4 is 10.5 Å². The number of nitrogens with two attached hydrogens (primary N) is 1. The Morgan fingerprint density at radius 1 is 1.37 bits per heavy atom. The lowest BCUT2D eigenvalue weighted by atomic mass is 10.2. The number of rotatable bonds is 6. The zero-order chi connectivity index (χ0) is 14.3. The molecule has 0 heterocycles. The molecule has 0 aliphatic carbocycles. The molecule has 1 aromatic rings. The summed E-state index contributed by atoms with van der Waals surface area (Å²) in [4.78, 5) is 14.2. The Morgan fingerprint density at radius 2 is 2.00 bits per heavy atom. The second-order valence-electron chi connectivity index (χ2n) is 3.63. The van der Waals surface area contributed by atoms with Crippen LogP contribution in [0, 0.1) is 0 Å². The molecular weight excluding hydrogens is 270 g/mol. The Balaban J connectivity index is 2.56. The van der Waals surface area contributed by atoms with Gasteiger partial charge in [0.2, 0.25) is 10.0 Å². The molecule has 0 fully saturated rings. The third-order valence-electron chi connectivity index (χ3n) is 2.23. The van der Waals surface area contributed by atoms with Crippen molar-refractivity contribution >= 4 is 15.9 Å². The molecule has 9 heteroatoms. The summed E-state index contributed by atoms with van der Waals surface area (Å²) in [6, 6.07) is 5.29. The predicted octanol–water partition coefficient (Wildman–Crippen LogP) is 0.764. The summed E-state index contributed by atoms with van der Waals surface area (Å²) in [5.74, 6) is -0.332. The number of carbonyl (C=O) groups excluding carboxylic acids is 1. The second kappa shape index (κ2) is 6.74. The fraction of sp³-hybridized carbons (Fsp3) is 0.300. The number of carbonyl (C=O) groups is 1. The first kappa shape index (κ1) is 15.0. The van der Waals surface area contributed by atoms with E-state index in [9.17, 15) is 13.2 Å². The first-order chi connectivity index (χ1) is 8.95. The number of sulfonamides is 1. The van der Waals surface area contributed by atoms with Crippen molar-refractivity contribution < 1.29 is 13.2 Å². The van der Waals surface area contributed by atoms with Crippen LogP contribution in [0.3, 0.4) is 0 Å². The normalized spacial score (nSPS) is 10.6. The van der Waals surface area contributed by atoms with E-state index in [1.807, 2.05) is 0 Å². The summed E-state index contributed by atoms with van der Waals surface area (Å²) in [6.45, 7) is 0.677. The van der Waals surface area contributed by atoms with Crippen LogP contribution in [0.1, 0.15) is 16.8 Å². The minimum atomic E-state index is -3.75. The van der Waals surface area contributed by atoms with Crippen LogP contribution in [-0.2, 0) is 10.0 Å². The number of nitrogens with zero attached hydrogens (tertiary/aromatic N) is 3. The molecule has 0 aromatic heterocycles. The van der Waals surface area contributed by atoms with E-state index in [1.165, 1.54) is 24.3 Å². The Hall–Kier alpha value is -2.09. The molecule has 1 rings (SSSR count). The molecule has 0 unspecified atom stereocenters. The van der Waals surface area contributed by atoms with Gasteiger partial charge in [-0.3, -0.25) is 4.79 Å². The maximum atomic E-state index is 11.6. The minimum Gasteiger partial charge on any atom is -0.352 e. The van der Waals surface area contributed by atoms with Crippen molar-refractivity contribution in [2.45, 2.75) is 11.3 Å². The average Bonchev–Trinajstić information content (AvgIpc) is 2.37. The number of hydrogen-bond acceptors (Lipinski definition) is 4. The number of benzene rings is 1. The molecule has 102 valence electrons. The molecule has 3 N–H and O–H groups in total. The summed E-state index contributed by atoms with van der Waals surface area (Å²) in [5.41, 5.74) is 8.39. The summed E-state index contributed by atoms with van der Waals surface area (Å²) in [6.07, 6.45) is 0.533. The lowest BCUT2D eigenvalue weighted by Crippen LogP contribution is -2.25. The Labute approximate surface area is 110 Å². The van der Waals surface area contributed by atoms with Crippen LogP contribution >= 0.6 is 0 Å². The SMILES string of the molecule is [N-]=[N+]=NCCCNC(=O)c1ccc(S(N)(=O)=O)cc1. The molecule has 1 aromatic carbocycles. The van der Waals surface area contributed by atoms with Gasteiger partial charge in [0.05, 0.1) is 4.90 Å². The van der Waals surface area contributed by atoms with E-state index in [-0.39, 0.29) is 10.8 Å². The van der Waals surface area contributed by atoms with Crippen molar-refractivity contribution in [3.8, 4) is 0 Å². The van der Waals surface area contributed by atoms with Crippen molar-refractivity contribution in [3.05, 3.63) is 40.3 Å². The van der Waals surface area contributed by atoms with Gasteiger partial charge >= 0.3 is 0 Å². The first-order valence-corrected chi connectivity index (χ1v) is 6.91. The van der Waals surface area contributed by atoms with E-state index < -0.39 is 10.0 Å². The molecule has 1 amide bonds. The quantitative estimate of drug-likeness (QED) is 0.345. The molecule has 8 nitrogen and oxygen atoms in total. The highest BCUT2D eigenvalue weighted by Gasteiger charge is 2.09. The summed E-state index contributed by atoms with van der Waals surface area (Å²) in [5, 5.41) is 10.9. The third-order valence-corrected chi connectivity index (χ3v) is 3.16. The zero-order valence-electron chi connectivity index (χ0n) is 9.98. The van der Waals surface area contributed by atoms with Gasteiger partial charge in [0.25, 0.3) is 5.91 Å². The molecule has 0 atom stereocenters. The topological polar surface area (TPSA) is 138 Å². The van der Waals surface area contributed by atoms with E-state index in [1.54, 1.807) is 0 Å². The number of azide groups is 1. The summed E-state index contributed by atoms with van der Waals surface area (Å²) >= 11 is 0. The Kier molecular flexibility index (Phi) is 5.31. The number of primary sulfonamides is 1. The monoisotopic (exact) mass is 283 g/mol. The van der Waals surface area contributed by atoms with E-state index >= 15 is 0 Å². The predicted molar refractivity (Wildman–Crippen MR) is 68.8 cm³/mol. The lowest BCUT2D eigenvalue weighted by Gasteiger charge is -2.04. The highest BCUT2D eigenvalue weighted by molar-refractivity contribution is 7.89. The smallest absolute Gasteiger partial charge is 0.251 e. The van der Waals surface area contributed by atoms with Gasteiger partial charge < -0.3 is 5.32 Å². The molecule has 19 heavy (non-hydrogen) atoms. The van der Waals surface area contributed by atoms with Gasteiger partial charge in [0.15, 0.2) is 0 Å². The van der Waals surface area contributed by atoms with Crippen LogP contribution in [-0.4, -0.2) is 27.4 Å². The molecule has 0 saturated heterocycles. The molecule has 0 saturated carbocycles. The largest absolute Gasteiger partial charge is 0.352 e. The standard InChI is InChI=1S/C10H13N5O3S/c11-15-14-7-1-6-13-10(16)8-2-4-9(5-3-8)19(12,17)18/h2-5H,1,6-7H2,(H,13,16)(H2,12,17,18). The van der Waals surface area contributed by atoms with E-state index in [0.29, 0.717) is 25.1 Å². The van der Waals surface area contributed by atoms with Crippen LogP contribution in [0.15, 0.2) is 34.3 Å². The summed E-state index contributed by atoms with van der Waals surface area (Å²) in [7, 11) is -3.75. The highest BCUT2D eigenvalue weighted by Crippen LogP contribution is 2.08. The molecule has 0 radical (unpaired) electrons. The van der Waals surface area contributed by atoms with E-state index in [0.717, 1.165) is 0 Å². The maximum absolute atomic E-state index is 11.6. The van der Waals surface area contributed by atoms with Crippen molar-refractivity contribution in [1.29, 1.82) is 0 Å². The molecule has 0 aliphatic heterocycles. The van der Waals surface area contributed by atoms with Gasteiger partial charge in [-0.1, -0.05) is 5.11 Å². The van der Waals surface area contributed by atoms with Crippen LogP contribution in [0.25, 0.3) is 10.4 Å². The van der Waals surface area contributed by atoms with Crippen LogP contribution in [0.2, 0.25) is 0 Å². The Bertz CT molecular complexity index is 590. The van der Waals surface area contributed by atoms with Crippen molar-refractivity contribution in [3.63, 3.8) is 0 Å². The van der Waals surface area contributed by atoms with Crippen molar-refractivity contribution in [2.24, 2.45) is 10.3 Å². The van der Waals surface area contributed by atoms with Gasteiger partial charge in [-0.05, 0) is 36.2 Å². The summed E-state index contributed by atoms with van der Waals surface area (Å²) < 4.78 is 22.0. The first-order valence-electron chi connectivity index (χ1n) is 5.37. The maximum Gasteiger partial charge on any atom is 0.251 e. The van der Waals surface area contributed by atoms with Crippen molar-refractivity contribution in [1.82, 2.24) is 5.32 Å². The van der Waals surface area contributed by atoms with Gasteiger partial charge in [0.1, 0.15) is 0 Å². The fourth-order valence-electron chi connectivity index (χ4n) is 1.29. The highest BCUT2D eigenvalue weighted by atomic mass is 32.2. The van der Waals surface area contributed by atoms with Crippen LogP contribution in [0.5, 0.6) is 0 Å². The lowest BCUT2D eigenvalue weighted by molar-refractivity contribution is 0.0953. The molecule has 0 aliphatic rings. The minimum absolute atomic E-state index is 0.0487. The average molecular weight is 283 g/mol. The van der Waals surface area contributed by atoms with E-state index in [4.69, 9.17) is 10.7 Å². The van der Waals surface area contributed by atoms with E-state index in [2.05, 4.69) is 15.3 Å². The van der Waals surface area contributed by atoms with Gasteiger partial charge in [0, 0.05) is 23.6 Å². The third kappa shape index (κ3) is 4.96. The second-order valence-corrected chi connectivity index (χ2v) is 5.19. The van der Waals surface area contributed by atoms with Crippen LogP contribution in [0.4, 0.5) is 0 Å². The van der Waals surface area contributed by atoms with Gasteiger partial charge in [-0.25, -0.2) is 13.6 Å². The fourth-order valence-corrected chi connectivity index (χ4v) is 1.81.